The first kappa shape index (κ1) is 15.3. The van der Waals surface area contributed by atoms with E-state index in [0.29, 0.717) is 24.3 Å². The molecule has 7 heteroatoms. The number of benzene rings is 1. The zero-order valence-corrected chi connectivity index (χ0v) is 12.2. The Morgan fingerprint density at radius 1 is 1.39 bits per heavy atom. The molecule has 1 unspecified atom stereocenters. The molecule has 0 bridgehead atoms. The molecule has 18 heavy (non-hydrogen) atoms. The second-order valence-electron chi connectivity index (χ2n) is 3.74. The molecule has 1 rings (SSSR count). The topological polar surface area (TPSA) is 72.2 Å². The predicted molar refractivity (Wildman–Crippen MR) is 76.8 cm³/mol. The molecule has 0 saturated carbocycles. The quantitative estimate of drug-likeness (QED) is 0.646. The minimum absolute atomic E-state index is 0.252. The number of amides is 1. The Kier molecular flexibility index (Phi) is 5.91. The Morgan fingerprint density at radius 3 is 2.44 bits per heavy atom. The van der Waals surface area contributed by atoms with E-state index in [9.17, 15) is 9.00 Å². The van der Waals surface area contributed by atoms with E-state index in [1.54, 1.807) is 6.26 Å². The molecule has 0 aliphatic carbocycles. The Bertz CT molecular complexity index is 457. The van der Waals surface area contributed by atoms with Gasteiger partial charge in [0.05, 0.1) is 15.7 Å². The number of nitrogens with two attached hydrogens (primary N) is 1. The molecule has 0 aliphatic rings. The number of hydrogen-bond acceptors (Lipinski definition) is 3. The number of hydrogen-bond donors (Lipinski definition) is 2. The highest BCUT2D eigenvalue weighted by atomic mass is 35.5. The van der Waals surface area contributed by atoms with Gasteiger partial charge in [-0.1, -0.05) is 23.2 Å². The summed E-state index contributed by atoms with van der Waals surface area (Å²) in [6.07, 6.45) is 2.28. The van der Waals surface area contributed by atoms with E-state index in [0.717, 1.165) is 0 Å². The van der Waals surface area contributed by atoms with Crippen LogP contribution < -0.4 is 11.1 Å². The lowest BCUT2D eigenvalue weighted by Crippen LogP contribution is -2.25. The van der Waals surface area contributed by atoms with Crippen LogP contribution in [0.1, 0.15) is 16.8 Å². The molecular formula is C11H14Cl2N2O2S. The van der Waals surface area contributed by atoms with Crippen molar-refractivity contribution in [2.24, 2.45) is 0 Å². The van der Waals surface area contributed by atoms with Crippen molar-refractivity contribution in [2.45, 2.75) is 6.42 Å². The smallest absolute Gasteiger partial charge is 0.251 e. The Hall–Kier alpha value is -0.780. The van der Waals surface area contributed by atoms with Crippen LogP contribution in [0.5, 0.6) is 0 Å². The van der Waals surface area contributed by atoms with Crippen molar-refractivity contribution in [1.82, 2.24) is 5.32 Å². The van der Waals surface area contributed by atoms with Gasteiger partial charge in [-0.3, -0.25) is 9.00 Å². The third-order valence-corrected chi connectivity index (χ3v) is 3.72. The number of carbonyl (C=O) groups is 1. The van der Waals surface area contributed by atoms with Gasteiger partial charge in [0.2, 0.25) is 0 Å². The number of carbonyl (C=O) groups excluding carboxylic acids is 1. The van der Waals surface area contributed by atoms with Crippen molar-refractivity contribution in [3.63, 3.8) is 0 Å². The summed E-state index contributed by atoms with van der Waals surface area (Å²) in [7, 11) is -0.845. The third-order valence-electron chi connectivity index (χ3n) is 2.24. The largest absolute Gasteiger partial charge is 0.396 e. The van der Waals surface area contributed by atoms with Crippen LogP contribution in [0, 0.1) is 0 Å². The molecule has 1 aromatic carbocycles. The van der Waals surface area contributed by atoms with E-state index in [2.05, 4.69) is 5.32 Å². The lowest BCUT2D eigenvalue weighted by Gasteiger charge is -2.07. The Labute approximate surface area is 118 Å². The van der Waals surface area contributed by atoms with Crippen LogP contribution in [0.25, 0.3) is 0 Å². The molecule has 0 heterocycles. The summed E-state index contributed by atoms with van der Waals surface area (Å²) < 4.78 is 10.8. The van der Waals surface area contributed by atoms with Gasteiger partial charge in [-0.25, -0.2) is 0 Å². The van der Waals surface area contributed by atoms with Crippen LogP contribution in [0.4, 0.5) is 5.69 Å². The first-order chi connectivity index (χ1) is 8.41. The van der Waals surface area contributed by atoms with E-state index < -0.39 is 10.8 Å². The highest BCUT2D eigenvalue weighted by molar-refractivity contribution is 7.84. The summed E-state index contributed by atoms with van der Waals surface area (Å²) in [5.41, 5.74) is 6.20. The van der Waals surface area contributed by atoms with Gasteiger partial charge in [-0.05, 0) is 18.6 Å². The van der Waals surface area contributed by atoms with E-state index >= 15 is 0 Å². The highest BCUT2D eigenvalue weighted by Crippen LogP contribution is 2.28. The number of nitrogens with one attached hydrogen (secondary N) is 1. The van der Waals surface area contributed by atoms with Crippen LogP contribution in [-0.2, 0) is 10.8 Å². The number of rotatable bonds is 5. The molecule has 0 saturated heterocycles. The molecule has 4 nitrogen and oxygen atoms in total. The fourth-order valence-corrected chi connectivity index (χ4v) is 2.33. The van der Waals surface area contributed by atoms with Crippen LogP contribution in [0.2, 0.25) is 10.0 Å². The molecule has 1 amide bonds. The molecular weight excluding hydrogens is 295 g/mol. The van der Waals surface area contributed by atoms with Crippen molar-refractivity contribution in [3.8, 4) is 0 Å². The molecule has 0 aromatic heterocycles. The van der Waals surface area contributed by atoms with Crippen molar-refractivity contribution in [2.75, 3.05) is 24.3 Å². The second-order valence-corrected chi connectivity index (χ2v) is 6.11. The molecule has 0 spiro atoms. The SMILES string of the molecule is CS(=O)CCCNC(=O)c1cc(Cl)c(N)c(Cl)c1. The summed E-state index contributed by atoms with van der Waals surface area (Å²) >= 11 is 11.7. The zero-order chi connectivity index (χ0) is 13.7. The van der Waals surface area contributed by atoms with E-state index in [-0.39, 0.29) is 21.6 Å². The van der Waals surface area contributed by atoms with Crippen LogP contribution in [-0.4, -0.2) is 28.7 Å². The van der Waals surface area contributed by atoms with Gasteiger partial charge in [0.15, 0.2) is 0 Å². The molecule has 0 aliphatic heterocycles. The molecule has 3 N–H and O–H groups in total. The average Bonchev–Trinajstić information content (AvgIpc) is 2.30. The van der Waals surface area contributed by atoms with Gasteiger partial charge in [0.25, 0.3) is 5.91 Å². The van der Waals surface area contributed by atoms with Crippen LogP contribution in [0.15, 0.2) is 12.1 Å². The maximum absolute atomic E-state index is 11.8. The molecule has 100 valence electrons. The maximum atomic E-state index is 11.8. The average molecular weight is 309 g/mol. The van der Waals surface area contributed by atoms with Gasteiger partial charge in [0, 0.05) is 34.9 Å². The Morgan fingerprint density at radius 2 is 1.94 bits per heavy atom. The lowest BCUT2D eigenvalue weighted by molar-refractivity contribution is 0.0954. The molecule has 0 radical (unpaired) electrons. The molecule has 1 aromatic rings. The number of nitrogen functional groups attached to an aromatic ring is 1. The fourth-order valence-electron chi connectivity index (χ4n) is 1.29. The summed E-state index contributed by atoms with van der Waals surface area (Å²) in [5.74, 6) is 0.282. The Balaban J connectivity index is 2.59. The monoisotopic (exact) mass is 308 g/mol. The summed E-state index contributed by atoms with van der Waals surface area (Å²) in [6.45, 7) is 0.456. The number of anilines is 1. The van der Waals surface area contributed by atoms with Gasteiger partial charge >= 0.3 is 0 Å². The van der Waals surface area contributed by atoms with E-state index in [1.807, 2.05) is 0 Å². The minimum atomic E-state index is -0.845. The van der Waals surface area contributed by atoms with Crippen molar-refractivity contribution in [1.29, 1.82) is 0 Å². The minimum Gasteiger partial charge on any atom is -0.396 e. The van der Waals surface area contributed by atoms with Crippen molar-refractivity contribution < 1.29 is 9.00 Å². The first-order valence-electron chi connectivity index (χ1n) is 5.24. The van der Waals surface area contributed by atoms with Gasteiger partial charge in [0.1, 0.15) is 0 Å². The van der Waals surface area contributed by atoms with Gasteiger partial charge in [-0.2, -0.15) is 0 Å². The second kappa shape index (κ2) is 6.97. The summed E-state index contributed by atoms with van der Waals surface area (Å²) in [5, 5.41) is 3.20. The standard InChI is InChI=1S/C11H14Cl2N2O2S/c1-18(17)4-2-3-15-11(16)7-5-8(12)10(14)9(13)6-7/h5-6H,2-4,14H2,1H3,(H,15,16). The maximum Gasteiger partial charge on any atom is 0.251 e. The van der Waals surface area contributed by atoms with Crippen molar-refractivity contribution in [3.05, 3.63) is 27.7 Å². The summed E-state index contributed by atoms with van der Waals surface area (Å²) in [6, 6.07) is 2.94. The summed E-state index contributed by atoms with van der Waals surface area (Å²) in [4.78, 5) is 11.8. The first-order valence-corrected chi connectivity index (χ1v) is 7.73. The third kappa shape index (κ3) is 4.48. The predicted octanol–water partition coefficient (Wildman–Crippen LogP) is 2.07. The lowest BCUT2D eigenvalue weighted by atomic mass is 10.2. The fraction of sp³-hybridized carbons (Fsp3) is 0.364. The van der Waals surface area contributed by atoms with E-state index in [1.165, 1.54) is 12.1 Å². The van der Waals surface area contributed by atoms with Gasteiger partial charge < -0.3 is 11.1 Å². The van der Waals surface area contributed by atoms with Crippen LogP contribution >= 0.6 is 23.2 Å². The zero-order valence-electron chi connectivity index (χ0n) is 9.83. The van der Waals surface area contributed by atoms with E-state index in [4.69, 9.17) is 28.9 Å². The molecule has 0 fully saturated rings. The number of halogens is 2. The van der Waals surface area contributed by atoms with Gasteiger partial charge in [-0.15, -0.1) is 0 Å². The highest BCUT2D eigenvalue weighted by Gasteiger charge is 2.10. The van der Waals surface area contributed by atoms with Crippen LogP contribution in [0.3, 0.4) is 0 Å². The van der Waals surface area contributed by atoms with Crippen molar-refractivity contribution >= 4 is 45.6 Å². The molecule has 1 atom stereocenters. The normalized spacial score (nSPS) is 12.2.